The van der Waals surface area contributed by atoms with Crippen molar-refractivity contribution in [3.8, 4) is 0 Å². The van der Waals surface area contributed by atoms with Crippen LogP contribution in [0.3, 0.4) is 0 Å². The summed E-state index contributed by atoms with van der Waals surface area (Å²) in [5.41, 5.74) is 8.72. The summed E-state index contributed by atoms with van der Waals surface area (Å²) < 4.78 is 0. The Kier molecular flexibility index (Phi) is 6.69. The Labute approximate surface area is 180 Å². The smallest absolute Gasteiger partial charge is 0.244 e. The van der Waals surface area contributed by atoms with Gasteiger partial charge in [0.05, 0.1) is 13.1 Å². The normalized spacial score (nSPS) is 20.7. The SMILES string of the molecule is C=C(C)C(N)C(=O)N1CC[NH+](c2ccc(Cl)cc2Cl)C(c2ccc(Cl)cc2)C1. The molecule has 0 saturated carbocycles. The van der Waals surface area contributed by atoms with Crippen LogP contribution in [0.5, 0.6) is 0 Å². The largest absolute Gasteiger partial charge is 0.329 e. The van der Waals surface area contributed by atoms with Crippen molar-refractivity contribution < 1.29 is 9.69 Å². The van der Waals surface area contributed by atoms with E-state index in [1.165, 1.54) is 4.90 Å². The lowest BCUT2D eigenvalue weighted by Gasteiger charge is -2.39. The molecule has 3 unspecified atom stereocenters. The van der Waals surface area contributed by atoms with Gasteiger partial charge in [-0.15, -0.1) is 0 Å². The molecule has 7 heteroatoms. The number of nitrogens with zero attached hydrogens (tertiary/aromatic N) is 1. The molecular formula is C21H23Cl3N3O+. The number of hydrogen-bond acceptors (Lipinski definition) is 2. The van der Waals surface area contributed by atoms with Crippen LogP contribution in [-0.4, -0.2) is 36.5 Å². The van der Waals surface area contributed by atoms with E-state index in [2.05, 4.69) is 6.58 Å². The first kappa shape index (κ1) is 21.2. The number of rotatable bonds is 4. The van der Waals surface area contributed by atoms with Crippen molar-refractivity contribution in [2.24, 2.45) is 5.73 Å². The Bertz CT molecular complexity index is 885. The highest BCUT2D eigenvalue weighted by molar-refractivity contribution is 6.35. The van der Waals surface area contributed by atoms with Crippen molar-refractivity contribution in [3.63, 3.8) is 0 Å². The molecule has 2 aromatic rings. The van der Waals surface area contributed by atoms with Gasteiger partial charge in [0.2, 0.25) is 5.91 Å². The Morgan fingerprint density at radius 2 is 1.82 bits per heavy atom. The number of piperazine rings is 1. The minimum atomic E-state index is -0.688. The second-order valence-corrected chi connectivity index (χ2v) is 8.39. The quantitative estimate of drug-likeness (QED) is 0.715. The average molecular weight is 440 g/mol. The highest BCUT2D eigenvalue weighted by Crippen LogP contribution is 2.26. The maximum absolute atomic E-state index is 12.8. The molecule has 0 radical (unpaired) electrons. The van der Waals surface area contributed by atoms with Gasteiger partial charge in [-0.1, -0.05) is 59.1 Å². The van der Waals surface area contributed by atoms with Gasteiger partial charge in [0, 0.05) is 21.7 Å². The van der Waals surface area contributed by atoms with E-state index in [4.69, 9.17) is 40.5 Å². The van der Waals surface area contributed by atoms with E-state index in [0.717, 1.165) is 11.3 Å². The molecule has 28 heavy (non-hydrogen) atoms. The standard InChI is InChI=1S/C21H22Cl3N3O/c1-13(2)20(25)21(28)26-9-10-27(18-8-7-16(23)11-17(18)24)19(12-26)14-3-5-15(22)6-4-14/h3-8,11,19-20H,1,9-10,12,25H2,2H3/p+1. The summed E-state index contributed by atoms with van der Waals surface area (Å²) in [7, 11) is 0. The van der Waals surface area contributed by atoms with Gasteiger partial charge in [0.1, 0.15) is 23.7 Å². The minimum absolute atomic E-state index is 0.00837. The molecular weight excluding hydrogens is 417 g/mol. The van der Waals surface area contributed by atoms with Crippen LogP contribution in [0.1, 0.15) is 18.5 Å². The summed E-state index contributed by atoms with van der Waals surface area (Å²) in [5.74, 6) is -0.104. The number of nitrogens with two attached hydrogens (primary N) is 1. The molecule has 3 atom stereocenters. The highest BCUT2D eigenvalue weighted by atomic mass is 35.5. The summed E-state index contributed by atoms with van der Waals surface area (Å²) in [5, 5.41) is 1.88. The number of hydrogen-bond donors (Lipinski definition) is 2. The number of benzene rings is 2. The maximum atomic E-state index is 12.8. The lowest BCUT2D eigenvalue weighted by Crippen LogP contribution is -3.10. The third-order valence-corrected chi connectivity index (χ3v) is 5.93. The molecule has 2 aromatic carbocycles. The molecule has 1 aliphatic rings. The van der Waals surface area contributed by atoms with E-state index in [9.17, 15) is 4.79 Å². The van der Waals surface area contributed by atoms with E-state index in [1.54, 1.807) is 13.0 Å². The zero-order valence-electron chi connectivity index (χ0n) is 15.6. The monoisotopic (exact) mass is 438 g/mol. The van der Waals surface area contributed by atoms with Gasteiger partial charge in [0.15, 0.2) is 5.69 Å². The zero-order chi connectivity index (χ0) is 20.4. The Hall–Kier alpha value is -1.56. The first-order valence-corrected chi connectivity index (χ1v) is 10.2. The molecule has 0 bridgehead atoms. The fourth-order valence-corrected chi connectivity index (χ4v) is 4.19. The lowest BCUT2D eigenvalue weighted by atomic mass is 10.00. The third-order valence-electron chi connectivity index (χ3n) is 5.13. The van der Waals surface area contributed by atoms with Crippen LogP contribution < -0.4 is 10.6 Å². The van der Waals surface area contributed by atoms with Crippen LogP contribution in [0.25, 0.3) is 0 Å². The summed E-state index contributed by atoms with van der Waals surface area (Å²) >= 11 is 18.6. The van der Waals surface area contributed by atoms with Crippen molar-refractivity contribution >= 4 is 46.4 Å². The summed E-state index contributed by atoms with van der Waals surface area (Å²) in [6.45, 7) is 7.39. The average Bonchev–Trinajstić information content (AvgIpc) is 2.67. The molecule has 0 aromatic heterocycles. The van der Waals surface area contributed by atoms with Crippen LogP contribution in [0.2, 0.25) is 15.1 Å². The second-order valence-electron chi connectivity index (χ2n) is 7.11. The third kappa shape index (κ3) is 4.53. The van der Waals surface area contributed by atoms with E-state index < -0.39 is 6.04 Å². The number of halogens is 3. The fourth-order valence-electron chi connectivity index (χ4n) is 3.53. The van der Waals surface area contributed by atoms with Crippen LogP contribution in [0.4, 0.5) is 5.69 Å². The molecule has 1 fully saturated rings. The molecule has 0 spiro atoms. The van der Waals surface area contributed by atoms with Gasteiger partial charge in [-0.3, -0.25) is 9.69 Å². The molecule has 1 heterocycles. The van der Waals surface area contributed by atoms with Crippen LogP contribution in [0, 0.1) is 0 Å². The molecule has 1 aliphatic heterocycles. The number of carbonyl (C=O) groups is 1. The molecule has 3 rings (SSSR count). The van der Waals surface area contributed by atoms with E-state index >= 15 is 0 Å². The molecule has 148 valence electrons. The van der Waals surface area contributed by atoms with E-state index in [1.807, 2.05) is 41.3 Å². The van der Waals surface area contributed by atoms with Crippen molar-refractivity contribution in [3.05, 3.63) is 75.2 Å². The molecule has 4 nitrogen and oxygen atoms in total. The lowest BCUT2D eigenvalue weighted by molar-refractivity contribution is -0.872. The van der Waals surface area contributed by atoms with Crippen LogP contribution in [-0.2, 0) is 4.79 Å². The van der Waals surface area contributed by atoms with Gasteiger partial charge < -0.3 is 10.6 Å². The number of nitrogens with one attached hydrogen (secondary N) is 1. The summed E-state index contributed by atoms with van der Waals surface area (Å²) in [6, 6.07) is 12.5. The van der Waals surface area contributed by atoms with Crippen LogP contribution in [0.15, 0.2) is 54.6 Å². The number of amides is 1. The number of carbonyl (C=O) groups excluding carboxylic acids is 1. The van der Waals surface area contributed by atoms with Crippen molar-refractivity contribution in [2.75, 3.05) is 19.6 Å². The van der Waals surface area contributed by atoms with Gasteiger partial charge >= 0.3 is 0 Å². The fraction of sp³-hybridized carbons (Fsp3) is 0.286. The summed E-state index contributed by atoms with van der Waals surface area (Å²) in [4.78, 5) is 15.8. The molecule has 1 amide bonds. The van der Waals surface area contributed by atoms with Gasteiger partial charge in [-0.25, -0.2) is 0 Å². The predicted octanol–water partition coefficient (Wildman–Crippen LogP) is 3.65. The second kappa shape index (κ2) is 8.85. The Morgan fingerprint density at radius 1 is 1.18 bits per heavy atom. The predicted molar refractivity (Wildman–Crippen MR) is 116 cm³/mol. The number of quaternary nitrogens is 1. The molecule has 0 aliphatic carbocycles. The van der Waals surface area contributed by atoms with E-state index in [-0.39, 0.29) is 11.9 Å². The van der Waals surface area contributed by atoms with E-state index in [0.29, 0.717) is 40.3 Å². The van der Waals surface area contributed by atoms with Gasteiger partial charge in [0.25, 0.3) is 0 Å². The van der Waals surface area contributed by atoms with Crippen molar-refractivity contribution in [1.29, 1.82) is 0 Å². The van der Waals surface area contributed by atoms with Gasteiger partial charge in [-0.2, -0.15) is 0 Å². The van der Waals surface area contributed by atoms with Gasteiger partial charge in [-0.05, 0) is 31.2 Å². The Balaban J connectivity index is 1.95. The zero-order valence-corrected chi connectivity index (χ0v) is 17.9. The minimum Gasteiger partial charge on any atom is -0.329 e. The highest BCUT2D eigenvalue weighted by Gasteiger charge is 2.37. The molecule has 1 saturated heterocycles. The summed E-state index contributed by atoms with van der Waals surface area (Å²) in [6.07, 6.45) is 0. The van der Waals surface area contributed by atoms with Crippen molar-refractivity contribution in [1.82, 2.24) is 4.90 Å². The van der Waals surface area contributed by atoms with Crippen LogP contribution >= 0.6 is 34.8 Å². The molecule has 3 N–H and O–H groups in total. The maximum Gasteiger partial charge on any atom is 0.244 e. The Morgan fingerprint density at radius 3 is 2.43 bits per heavy atom. The first-order chi connectivity index (χ1) is 13.3. The first-order valence-electron chi connectivity index (χ1n) is 9.04. The van der Waals surface area contributed by atoms with Crippen molar-refractivity contribution in [2.45, 2.75) is 19.0 Å². The topological polar surface area (TPSA) is 50.8 Å².